The van der Waals surface area contributed by atoms with E-state index in [0.29, 0.717) is 30.3 Å². The Hall–Kier alpha value is -2.53. The molecule has 1 fully saturated rings. The largest absolute Gasteiger partial charge is 0.484 e. The summed E-state index contributed by atoms with van der Waals surface area (Å²) in [5.41, 5.74) is 2.97. The summed E-state index contributed by atoms with van der Waals surface area (Å²) in [6.07, 6.45) is 1.57. The highest BCUT2D eigenvalue weighted by Crippen LogP contribution is 2.21. The predicted octanol–water partition coefficient (Wildman–Crippen LogP) is 3.47. The number of hydrogen-bond acceptors (Lipinski definition) is 3. The Kier molecular flexibility index (Phi) is 6.35. The van der Waals surface area contributed by atoms with Crippen LogP contribution < -0.4 is 10.1 Å². The predicted molar refractivity (Wildman–Crippen MR) is 105 cm³/mol. The first-order valence-corrected chi connectivity index (χ1v) is 9.40. The molecule has 0 atom stereocenters. The van der Waals surface area contributed by atoms with Gasteiger partial charge in [-0.05, 0) is 48.2 Å². The standard InChI is InChI=1S/C21H23ClN2O3/c1-15-10-18(7-8-19(15)22)27-14-20(25)23-12-16-4-2-5-17(11-16)13-24-9-3-6-21(24)26/h2,4-5,7-8,10-11H,3,6,9,12-14H2,1H3,(H,23,25). The van der Waals surface area contributed by atoms with E-state index in [0.717, 1.165) is 29.7 Å². The van der Waals surface area contributed by atoms with Crippen molar-refractivity contribution in [3.05, 3.63) is 64.2 Å². The Labute approximate surface area is 164 Å². The van der Waals surface area contributed by atoms with E-state index in [-0.39, 0.29) is 18.4 Å². The van der Waals surface area contributed by atoms with E-state index in [2.05, 4.69) is 5.32 Å². The van der Waals surface area contributed by atoms with Crippen molar-refractivity contribution in [2.75, 3.05) is 13.2 Å². The van der Waals surface area contributed by atoms with Gasteiger partial charge in [-0.15, -0.1) is 0 Å². The van der Waals surface area contributed by atoms with Gasteiger partial charge in [0.25, 0.3) is 5.91 Å². The van der Waals surface area contributed by atoms with Crippen LogP contribution in [0.3, 0.4) is 0 Å². The molecule has 1 aliphatic heterocycles. The lowest BCUT2D eigenvalue weighted by molar-refractivity contribution is -0.128. The fourth-order valence-corrected chi connectivity index (χ4v) is 3.15. The SMILES string of the molecule is Cc1cc(OCC(=O)NCc2cccc(CN3CCCC3=O)c2)ccc1Cl. The molecule has 3 rings (SSSR count). The van der Waals surface area contributed by atoms with Crippen molar-refractivity contribution < 1.29 is 14.3 Å². The summed E-state index contributed by atoms with van der Waals surface area (Å²) in [6, 6.07) is 13.2. The van der Waals surface area contributed by atoms with Gasteiger partial charge in [0, 0.05) is 31.1 Å². The minimum atomic E-state index is -0.192. The molecule has 1 aliphatic rings. The smallest absolute Gasteiger partial charge is 0.258 e. The van der Waals surface area contributed by atoms with Crippen LogP contribution in [0.4, 0.5) is 0 Å². The van der Waals surface area contributed by atoms with Gasteiger partial charge < -0.3 is 15.0 Å². The fraction of sp³-hybridized carbons (Fsp3) is 0.333. The summed E-state index contributed by atoms with van der Waals surface area (Å²) in [4.78, 5) is 25.7. The van der Waals surface area contributed by atoms with Crippen molar-refractivity contribution in [1.82, 2.24) is 10.2 Å². The highest BCUT2D eigenvalue weighted by atomic mass is 35.5. The topological polar surface area (TPSA) is 58.6 Å². The Bertz CT molecular complexity index is 838. The molecule has 0 unspecified atom stereocenters. The lowest BCUT2D eigenvalue weighted by Crippen LogP contribution is -2.28. The first kappa shape index (κ1) is 19.2. The molecule has 1 saturated heterocycles. The van der Waals surface area contributed by atoms with Crippen LogP contribution in [0.5, 0.6) is 5.75 Å². The number of likely N-dealkylation sites (tertiary alicyclic amines) is 1. The average Bonchev–Trinajstić information content (AvgIpc) is 3.06. The Morgan fingerprint density at radius 2 is 2.04 bits per heavy atom. The van der Waals surface area contributed by atoms with Crippen molar-refractivity contribution in [2.24, 2.45) is 0 Å². The zero-order valence-corrected chi connectivity index (χ0v) is 16.1. The Morgan fingerprint density at radius 1 is 1.22 bits per heavy atom. The highest BCUT2D eigenvalue weighted by Gasteiger charge is 2.19. The molecule has 0 bridgehead atoms. The molecule has 1 N–H and O–H groups in total. The zero-order chi connectivity index (χ0) is 19.2. The fourth-order valence-electron chi connectivity index (χ4n) is 3.04. The van der Waals surface area contributed by atoms with Gasteiger partial charge in [-0.2, -0.15) is 0 Å². The van der Waals surface area contributed by atoms with Crippen molar-refractivity contribution in [3.8, 4) is 5.75 Å². The molecule has 6 heteroatoms. The summed E-state index contributed by atoms with van der Waals surface area (Å²) in [5, 5.41) is 3.52. The van der Waals surface area contributed by atoms with Crippen LogP contribution in [-0.2, 0) is 22.7 Å². The molecule has 0 radical (unpaired) electrons. The lowest BCUT2D eigenvalue weighted by Gasteiger charge is -2.16. The van der Waals surface area contributed by atoms with Gasteiger partial charge in [-0.25, -0.2) is 0 Å². The van der Waals surface area contributed by atoms with Crippen molar-refractivity contribution in [3.63, 3.8) is 0 Å². The molecular formula is C21H23ClN2O3. The maximum atomic E-state index is 12.0. The van der Waals surface area contributed by atoms with Crippen LogP contribution in [0.25, 0.3) is 0 Å². The van der Waals surface area contributed by atoms with Crippen molar-refractivity contribution >= 4 is 23.4 Å². The maximum Gasteiger partial charge on any atom is 0.258 e. The summed E-state index contributed by atoms with van der Waals surface area (Å²) in [6.45, 7) is 3.70. The quantitative estimate of drug-likeness (QED) is 0.792. The van der Waals surface area contributed by atoms with Gasteiger partial charge in [0.05, 0.1) is 0 Å². The molecule has 2 amide bonds. The van der Waals surface area contributed by atoms with Crippen LogP contribution in [0.1, 0.15) is 29.5 Å². The summed E-state index contributed by atoms with van der Waals surface area (Å²) in [7, 11) is 0. The second kappa shape index (κ2) is 8.91. The minimum Gasteiger partial charge on any atom is -0.484 e. The molecule has 2 aromatic rings. The number of aryl methyl sites for hydroxylation is 1. The molecule has 5 nitrogen and oxygen atoms in total. The Morgan fingerprint density at radius 3 is 2.78 bits per heavy atom. The lowest BCUT2D eigenvalue weighted by atomic mass is 10.1. The molecule has 27 heavy (non-hydrogen) atoms. The van der Waals surface area contributed by atoms with Gasteiger partial charge in [0.1, 0.15) is 5.75 Å². The van der Waals surface area contributed by atoms with E-state index in [4.69, 9.17) is 16.3 Å². The third-order valence-electron chi connectivity index (χ3n) is 4.53. The first-order valence-electron chi connectivity index (χ1n) is 9.02. The van der Waals surface area contributed by atoms with Crippen LogP contribution in [-0.4, -0.2) is 29.9 Å². The van der Waals surface area contributed by atoms with Crippen LogP contribution in [0.15, 0.2) is 42.5 Å². The molecule has 0 spiro atoms. The molecule has 0 aromatic heterocycles. The summed E-state index contributed by atoms with van der Waals surface area (Å²) < 4.78 is 5.50. The number of hydrogen-bond donors (Lipinski definition) is 1. The van der Waals surface area contributed by atoms with E-state index in [1.165, 1.54) is 0 Å². The average molecular weight is 387 g/mol. The van der Waals surface area contributed by atoms with Gasteiger partial charge in [-0.1, -0.05) is 35.9 Å². The second-order valence-electron chi connectivity index (χ2n) is 6.72. The normalized spacial score (nSPS) is 13.7. The maximum absolute atomic E-state index is 12.0. The van der Waals surface area contributed by atoms with Gasteiger partial charge >= 0.3 is 0 Å². The van der Waals surface area contributed by atoms with E-state index in [1.807, 2.05) is 36.1 Å². The number of amides is 2. The van der Waals surface area contributed by atoms with E-state index in [1.54, 1.807) is 18.2 Å². The van der Waals surface area contributed by atoms with Crippen LogP contribution in [0, 0.1) is 6.92 Å². The number of halogens is 1. The molecule has 0 saturated carbocycles. The molecule has 2 aromatic carbocycles. The first-order chi connectivity index (χ1) is 13.0. The third-order valence-corrected chi connectivity index (χ3v) is 4.95. The van der Waals surface area contributed by atoms with Gasteiger partial charge in [0.15, 0.2) is 6.61 Å². The van der Waals surface area contributed by atoms with E-state index >= 15 is 0 Å². The number of nitrogens with zero attached hydrogens (tertiary/aromatic N) is 1. The highest BCUT2D eigenvalue weighted by molar-refractivity contribution is 6.31. The minimum absolute atomic E-state index is 0.0525. The second-order valence-corrected chi connectivity index (χ2v) is 7.12. The van der Waals surface area contributed by atoms with E-state index < -0.39 is 0 Å². The number of carbonyl (C=O) groups excluding carboxylic acids is 2. The number of nitrogens with one attached hydrogen (secondary N) is 1. The van der Waals surface area contributed by atoms with E-state index in [9.17, 15) is 9.59 Å². The van der Waals surface area contributed by atoms with Crippen LogP contribution >= 0.6 is 11.6 Å². The zero-order valence-electron chi connectivity index (χ0n) is 15.3. The number of carbonyl (C=O) groups is 2. The number of benzene rings is 2. The molecule has 0 aliphatic carbocycles. The number of rotatable bonds is 7. The molecular weight excluding hydrogens is 364 g/mol. The molecule has 142 valence electrons. The van der Waals surface area contributed by atoms with Gasteiger partial charge in [-0.3, -0.25) is 9.59 Å². The summed E-state index contributed by atoms with van der Waals surface area (Å²) >= 11 is 5.98. The monoisotopic (exact) mass is 386 g/mol. The Balaban J connectivity index is 1.47. The van der Waals surface area contributed by atoms with Crippen molar-refractivity contribution in [2.45, 2.75) is 32.9 Å². The number of ether oxygens (including phenoxy) is 1. The van der Waals surface area contributed by atoms with Crippen molar-refractivity contribution in [1.29, 1.82) is 0 Å². The van der Waals surface area contributed by atoms with Crippen LogP contribution in [0.2, 0.25) is 5.02 Å². The van der Waals surface area contributed by atoms with Gasteiger partial charge in [0.2, 0.25) is 5.91 Å². The summed E-state index contributed by atoms with van der Waals surface area (Å²) in [5.74, 6) is 0.635. The third kappa shape index (κ3) is 5.47. The molecule has 1 heterocycles.